The average molecular weight is 320 g/mol. The van der Waals surface area contributed by atoms with E-state index in [2.05, 4.69) is 8.83 Å². The Morgan fingerprint density at radius 3 is 2.16 bits per heavy atom. The summed E-state index contributed by atoms with van der Waals surface area (Å²) in [5.41, 5.74) is 0. The Kier molecular flexibility index (Phi) is 9.32. The minimum atomic E-state index is -5.03. The van der Waals surface area contributed by atoms with E-state index in [1.165, 1.54) is 0 Å². The molecule has 0 bridgehead atoms. The van der Waals surface area contributed by atoms with Crippen molar-refractivity contribution in [2.24, 2.45) is 0 Å². The summed E-state index contributed by atoms with van der Waals surface area (Å²) in [4.78, 5) is 25.7. The number of aliphatic hydroxyl groups excluding tert-OH is 1. The van der Waals surface area contributed by atoms with Gasteiger partial charge in [-0.2, -0.15) is 4.31 Å². The summed E-state index contributed by atoms with van der Waals surface area (Å²) in [5, 5.41) is 9.29. The van der Waals surface area contributed by atoms with E-state index < -0.39 is 15.6 Å². The first-order chi connectivity index (χ1) is 8.66. The summed E-state index contributed by atoms with van der Waals surface area (Å²) >= 11 is 0. The standard InChI is InChI=1S/C9H22O8P2/c1-2-9(10)7-5-3-4-6-8-16-19(14,15)17-18(11,12)13/h9-10H,2-8H2,1H3,(H,14,15)(H2,11,12,13). The normalized spacial score (nSPS) is 17.1. The van der Waals surface area contributed by atoms with Gasteiger partial charge in [0, 0.05) is 0 Å². The van der Waals surface area contributed by atoms with Gasteiger partial charge in [-0.3, -0.25) is 4.52 Å². The predicted octanol–water partition coefficient (Wildman–Crippen LogP) is 1.93. The quantitative estimate of drug-likeness (QED) is 0.335. The van der Waals surface area contributed by atoms with Crippen molar-refractivity contribution in [3.63, 3.8) is 0 Å². The first-order valence-electron chi connectivity index (χ1n) is 6.08. The molecule has 0 saturated carbocycles. The van der Waals surface area contributed by atoms with Gasteiger partial charge >= 0.3 is 15.6 Å². The molecule has 0 saturated heterocycles. The number of unbranched alkanes of at least 4 members (excludes halogenated alkanes) is 3. The molecule has 0 aliphatic rings. The van der Waals surface area contributed by atoms with Crippen LogP contribution < -0.4 is 0 Å². The fraction of sp³-hybridized carbons (Fsp3) is 1.00. The van der Waals surface area contributed by atoms with Crippen molar-refractivity contribution in [1.82, 2.24) is 0 Å². The molecule has 0 spiro atoms. The van der Waals surface area contributed by atoms with Crippen LogP contribution >= 0.6 is 15.6 Å². The Hall–Kier alpha value is 0.220. The van der Waals surface area contributed by atoms with Crippen LogP contribution in [0.3, 0.4) is 0 Å². The van der Waals surface area contributed by atoms with Gasteiger partial charge in [0.1, 0.15) is 0 Å². The molecule has 4 N–H and O–H groups in total. The highest BCUT2D eigenvalue weighted by Crippen LogP contribution is 2.57. The van der Waals surface area contributed by atoms with Crippen molar-refractivity contribution in [3.05, 3.63) is 0 Å². The van der Waals surface area contributed by atoms with E-state index >= 15 is 0 Å². The van der Waals surface area contributed by atoms with Gasteiger partial charge in [-0.15, -0.1) is 0 Å². The minimum Gasteiger partial charge on any atom is -0.393 e. The number of hydrogen-bond donors (Lipinski definition) is 4. The van der Waals surface area contributed by atoms with Crippen LogP contribution in [-0.2, 0) is 18.0 Å². The van der Waals surface area contributed by atoms with E-state index in [0.29, 0.717) is 6.42 Å². The van der Waals surface area contributed by atoms with E-state index in [1.807, 2.05) is 6.92 Å². The van der Waals surface area contributed by atoms with E-state index in [9.17, 15) is 14.2 Å². The lowest BCUT2D eigenvalue weighted by atomic mass is 10.1. The lowest BCUT2D eigenvalue weighted by Crippen LogP contribution is -2.03. The molecule has 2 unspecified atom stereocenters. The van der Waals surface area contributed by atoms with Crippen molar-refractivity contribution in [1.29, 1.82) is 0 Å². The molecule has 10 heteroatoms. The van der Waals surface area contributed by atoms with Gasteiger partial charge in [0.15, 0.2) is 0 Å². The lowest BCUT2D eigenvalue weighted by Gasteiger charge is -2.12. The molecule has 0 aliphatic carbocycles. The van der Waals surface area contributed by atoms with E-state index in [4.69, 9.17) is 14.7 Å². The van der Waals surface area contributed by atoms with Gasteiger partial charge in [0.25, 0.3) is 0 Å². The van der Waals surface area contributed by atoms with Gasteiger partial charge < -0.3 is 19.8 Å². The molecule has 0 rings (SSSR count). The zero-order chi connectivity index (χ0) is 14.9. The van der Waals surface area contributed by atoms with Crippen LogP contribution in [0.15, 0.2) is 0 Å². The largest absolute Gasteiger partial charge is 0.481 e. The van der Waals surface area contributed by atoms with Crippen molar-refractivity contribution < 1.29 is 37.8 Å². The molecule has 19 heavy (non-hydrogen) atoms. The highest BCUT2D eigenvalue weighted by Gasteiger charge is 2.31. The summed E-state index contributed by atoms with van der Waals surface area (Å²) in [7, 11) is -9.73. The SMILES string of the molecule is CCC(O)CCCCCCOP(=O)(O)OP(=O)(O)O. The summed E-state index contributed by atoms with van der Waals surface area (Å²) in [6.07, 6.45) is 4.04. The lowest BCUT2D eigenvalue weighted by molar-refractivity contribution is 0.155. The van der Waals surface area contributed by atoms with Crippen LogP contribution in [-0.4, -0.2) is 32.5 Å². The van der Waals surface area contributed by atoms with Crippen LogP contribution in [0.1, 0.15) is 45.4 Å². The molecule has 0 aromatic rings. The third-order valence-corrected chi connectivity index (χ3v) is 4.55. The fourth-order valence-corrected chi connectivity index (χ4v) is 3.00. The number of phosphoric ester groups is 1. The molecule has 0 amide bonds. The zero-order valence-corrected chi connectivity index (χ0v) is 12.6. The number of hydrogen-bond acceptors (Lipinski definition) is 5. The third kappa shape index (κ3) is 13.0. The molecule has 0 radical (unpaired) electrons. The van der Waals surface area contributed by atoms with Gasteiger partial charge in [0.2, 0.25) is 0 Å². The Labute approximate surface area is 112 Å². The van der Waals surface area contributed by atoms with Gasteiger partial charge in [-0.05, 0) is 19.3 Å². The maximum atomic E-state index is 11.0. The van der Waals surface area contributed by atoms with Crippen molar-refractivity contribution in [2.45, 2.75) is 51.6 Å². The topological polar surface area (TPSA) is 134 Å². The smallest absolute Gasteiger partial charge is 0.393 e. The third-order valence-electron chi connectivity index (χ3n) is 2.37. The van der Waals surface area contributed by atoms with Crippen LogP contribution in [0.4, 0.5) is 0 Å². The summed E-state index contributed by atoms with van der Waals surface area (Å²) in [5.74, 6) is 0. The summed E-state index contributed by atoms with van der Waals surface area (Å²) in [6.45, 7) is 1.78. The molecule has 0 heterocycles. The predicted molar refractivity (Wildman–Crippen MR) is 68.3 cm³/mol. The molecular weight excluding hydrogens is 298 g/mol. The first kappa shape index (κ1) is 19.2. The second-order valence-electron chi connectivity index (χ2n) is 4.14. The summed E-state index contributed by atoms with van der Waals surface area (Å²) in [6, 6.07) is 0. The number of rotatable bonds is 11. The highest BCUT2D eigenvalue weighted by atomic mass is 31.3. The van der Waals surface area contributed by atoms with Crippen LogP contribution in [0.25, 0.3) is 0 Å². The number of phosphoric acid groups is 2. The number of aliphatic hydroxyl groups is 1. The second kappa shape index (κ2) is 9.21. The molecule has 0 fully saturated rings. The molecule has 2 atom stereocenters. The van der Waals surface area contributed by atoms with E-state index in [-0.39, 0.29) is 12.7 Å². The Morgan fingerprint density at radius 1 is 1.05 bits per heavy atom. The van der Waals surface area contributed by atoms with Crippen molar-refractivity contribution in [3.8, 4) is 0 Å². The Balaban J connectivity index is 3.59. The molecule has 0 aromatic carbocycles. The maximum absolute atomic E-state index is 11.0. The second-order valence-corrected chi connectivity index (χ2v) is 6.97. The van der Waals surface area contributed by atoms with Crippen LogP contribution in [0, 0.1) is 0 Å². The fourth-order valence-electron chi connectivity index (χ4n) is 1.38. The van der Waals surface area contributed by atoms with Gasteiger partial charge in [0.05, 0.1) is 12.7 Å². The zero-order valence-electron chi connectivity index (χ0n) is 10.8. The summed E-state index contributed by atoms with van der Waals surface area (Å²) < 4.78 is 29.4. The van der Waals surface area contributed by atoms with Gasteiger partial charge in [-0.1, -0.05) is 26.2 Å². The van der Waals surface area contributed by atoms with Crippen molar-refractivity contribution >= 4 is 15.6 Å². The monoisotopic (exact) mass is 320 g/mol. The van der Waals surface area contributed by atoms with E-state index in [1.54, 1.807) is 0 Å². The minimum absolute atomic E-state index is 0.121. The molecule has 116 valence electrons. The Morgan fingerprint density at radius 2 is 1.63 bits per heavy atom. The molecular formula is C9H22O8P2. The molecule has 0 aliphatic heterocycles. The Bertz CT molecular complexity index is 328. The molecule has 0 aromatic heterocycles. The van der Waals surface area contributed by atoms with Crippen molar-refractivity contribution in [2.75, 3.05) is 6.61 Å². The van der Waals surface area contributed by atoms with Crippen LogP contribution in [0.2, 0.25) is 0 Å². The van der Waals surface area contributed by atoms with Crippen LogP contribution in [0.5, 0.6) is 0 Å². The van der Waals surface area contributed by atoms with E-state index in [0.717, 1.165) is 32.1 Å². The average Bonchev–Trinajstić information content (AvgIpc) is 2.23. The maximum Gasteiger partial charge on any atom is 0.481 e. The molecule has 8 nitrogen and oxygen atoms in total. The highest BCUT2D eigenvalue weighted by molar-refractivity contribution is 7.60. The van der Waals surface area contributed by atoms with Gasteiger partial charge in [-0.25, -0.2) is 9.13 Å². The first-order valence-corrected chi connectivity index (χ1v) is 9.11.